The van der Waals surface area contributed by atoms with Crippen LogP contribution in [-0.4, -0.2) is 60.6 Å². The van der Waals surface area contributed by atoms with Gasteiger partial charge in [0.05, 0.1) is 0 Å². The molecule has 1 N–H and O–H groups in total. The Balaban J connectivity index is 1.98. The second-order valence-electron chi connectivity index (χ2n) is 7.19. The van der Waals surface area contributed by atoms with Gasteiger partial charge in [-0.2, -0.15) is 0 Å². The Hall–Kier alpha value is -0.120. The smallest absolute Gasteiger partial charge is 0.0253 e. The largest absolute Gasteiger partial charge is 0.312 e. The van der Waals surface area contributed by atoms with Gasteiger partial charge in [-0.05, 0) is 51.6 Å². The zero-order valence-electron chi connectivity index (χ0n) is 14.8. The molecule has 0 aromatic rings. The monoisotopic (exact) mass is 295 g/mol. The van der Waals surface area contributed by atoms with Gasteiger partial charge in [0, 0.05) is 37.8 Å². The molecule has 0 aromatic carbocycles. The Kier molecular flexibility index (Phi) is 6.97. The van der Waals surface area contributed by atoms with Crippen molar-refractivity contribution in [2.75, 3.05) is 32.7 Å². The second kappa shape index (κ2) is 8.50. The molecule has 2 aliphatic rings. The average Bonchev–Trinajstić information content (AvgIpc) is 2.52. The molecule has 4 unspecified atom stereocenters. The van der Waals surface area contributed by atoms with Crippen LogP contribution in [-0.2, 0) is 0 Å². The fourth-order valence-corrected chi connectivity index (χ4v) is 4.37. The Morgan fingerprint density at radius 3 is 2.52 bits per heavy atom. The van der Waals surface area contributed by atoms with E-state index >= 15 is 0 Å². The average molecular weight is 296 g/mol. The van der Waals surface area contributed by atoms with Crippen LogP contribution in [0.4, 0.5) is 0 Å². The first kappa shape index (κ1) is 17.2. The lowest BCUT2D eigenvalue weighted by atomic mass is 9.80. The highest BCUT2D eigenvalue weighted by Crippen LogP contribution is 2.31. The van der Waals surface area contributed by atoms with Crippen molar-refractivity contribution in [1.82, 2.24) is 15.1 Å². The zero-order chi connectivity index (χ0) is 15.2. The van der Waals surface area contributed by atoms with Crippen LogP contribution in [0.1, 0.15) is 59.8 Å². The number of nitrogens with zero attached hydrogens (tertiary/aromatic N) is 2. The Labute approximate surface area is 132 Å². The molecule has 0 amide bonds. The minimum absolute atomic E-state index is 0.720. The summed E-state index contributed by atoms with van der Waals surface area (Å²) in [4.78, 5) is 5.44. The van der Waals surface area contributed by atoms with Gasteiger partial charge in [-0.25, -0.2) is 0 Å². The summed E-state index contributed by atoms with van der Waals surface area (Å²) in [7, 11) is 0. The molecule has 0 radical (unpaired) electrons. The molecule has 1 saturated carbocycles. The molecule has 1 saturated heterocycles. The van der Waals surface area contributed by atoms with Crippen molar-refractivity contribution in [3.63, 3.8) is 0 Å². The van der Waals surface area contributed by atoms with Crippen molar-refractivity contribution in [3.8, 4) is 0 Å². The van der Waals surface area contributed by atoms with Gasteiger partial charge in [-0.3, -0.25) is 9.80 Å². The fraction of sp³-hybridized carbons (Fsp3) is 1.00. The Morgan fingerprint density at radius 1 is 1.10 bits per heavy atom. The molecule has 1 aliphatic heterocycles. The van der Waals surface area contributed by atoms with Crippen LogP contribution in [0.25, 0.3) is 0 Å². The van der Waals surface area contributed by atoms with E-state index in [1.165, 1.54) is 64.8 Å². The van der Waals surface area contributed by atoms with Gasteiger partial charge in [0.2, 0.25) is 0 Å². The maximum absolute atomic E-state index is 3.85. The van der Waals surface area contributed by atoms with Crippen LogP contribution in [0, 0.1) is 5.92 Å². The van der Waals surface area contributed by atoms with Crippen molar-refractivity contribution in [3.05, 3.63) is 0 Å². The lowest BCUT2D eigenvalue weighted by Crippen LogP contribution is -2.60. The fourth-order valence-electron chi connectivity index (χ4n) is 4.37. The quantitative estimate of drug-likeness (QED) is 0.813. The maximum Gasteiger partial charge on any atom is 0.0253 e. The third-order valence-corrected chi connectivity index (χ3v) is 5.83. The van der Waals surface area contributed by atoms with E-state index in [-0.39, 0.29) is 0 Å². The van der Waals surface area contributed by atoms with E-state index < -0.39 is 0 Å². The first-order chi connectivity index (χ1) is 10.2. The molecular weight excluding hydrogens is 258 g/mol. The summed E-state index contributed by atoms with van der Waals surface area (Å²) in [6, 6.07) is 2.22. The minimum atomic E-state index is 0.720. The third-order valence-electron chi connectivity index (χ3n) is 5.83. The molecular formula is C18H37N3. The topological polar surface area (TPSA) is 18.5 Å². The highest BCUT2D eigenvalue weighted by Gasteiger charge is 2.36. The number of likely N-dealkylation sites (N-methyl/N-ethyl adjacent to an activating group) is 1. The molecule has 2 rings (SSSR count). The molecule has 1 heterocycles. The summed E-state index contributed by atoms with van der Waals surface area (Å²) in [5.74, 6) is 0.953. The van der Waals surface area contributed by atoms with Gasteiger partial charge < -0.3 is 5.32 Å². The molecule has 3 nitrogen and oxygen atoms in total. The Morgan fingerprint density at radius 2 is 1.90 bits per heavy atom. The maximum atomic E-state index is 3.85. The van der Waals surface area contributed by atoms with Crippen molar-refractivity contribution in [2.45, 2.75) is 77.9 Å². The SMILES string of the molecule is CCCNC1CCC(CC)CC1N1CCN(CC)C(C)C1. The van der Waals surface area contributed by atoms with Gasteiger partial charge in [0.25, 0.3) is 0 Å². The molecule has 2 fully saturated rings. The zero-order valence-corrected chi connectivity index (χ0v) is 14.8. The predicted octanol–water partition coefficient (Wildman–Crippen LogP) is 2.96. The number of nitrogens with one attached hydrogen (secondary N) is 1. The number of hydrogen-bond acceptors (Lipinski definition) is 3. The summed E-state index contributed by atoms with van der Waals surface area (Å²) in [5.41, 5.74) is 0. The predicted molar refractivity (Wildman–Crippen MR) is 91.8 cm³/mol. The molecule has 1 aliphatic carbocycles. The summed E-state index contributed by atoms with van der Waals surface area (Å²) in [6.07, 6.45) is 6.84. The standard InChI is InChI=1S/C18H37N3/c1-5-10-19-17-9-8-16(6-2)13-18(17)21-12-11-20(7-3)15(4)14-21/h15-19H,5-14H2,1-4H3. The highest BCUT2D eigenvalue weighted by atomic mass is 15.3. The van der Waals surface area contributed by atoms with Crippen molar-refractivity contribution < 1.29 is 0 Å². The van der Waals surface area contributed by atoms with Crippen molar-refractivity contribution >= 4 is 0 Å². The van der Waals surface area contributed by atoms with E-state index in [4.69, 9.17) is 0 Å². The van der Waals surface area contributed by atoms with Crippen LogP contribution in [0.3, 0.4) is 0 Å². The second-order valence-corrected chi connectivity index (χ2v) is 7.19. The molecule has 21 heavy (non-hydrogen) atoms. The number of rotatable bonds is 6. The third kappa shape index (κ3) is 4.43. The van der Waals surface area contributed by atoms with Gasteiger partial charge >= 0.3 is 0 Å². The summed E-state index contributed by atoms with van der Waals surface area (Å²) >= 11 is 0. The normalized spacial score (nSPS) is 36.0. The van der Waals surface area contributed by atoms with E-state index in [9.17, 15) is 0 Å². The first-order valence-electron chi connectivity index (χ1n) is 9.41. The lowest BCUT2D eigenvalue weighted by molar-refractivity contribution is 0.0227. The molecule has 124 valence electrons. The minimum Gasteiger partial charge on any atom is -0.312 e. The van der Waals surface area contributed by atoms with Crippen LogP contribution < -0.4 is 5.32 Å². The summed E-state index contributed by atoms with van der Waals surface area (Å²) < 4.78 is 0. The molecule has 4 atom stereocenters. The number of hydrogen-bond donors (Lipinski definition) is 1. The first-order valence-corrected chi connectivity index (χ1v) is 9.41. The molecule has 0 bridgehead atoms. The highest BCUT2D eigenvalue weighted by molar-refractivity contribution is 4.94. The van der Waals surface area contributed by atoms with Crippen molar-refractivity contribution in [1.29, 1.82) is 0 Å². The van der Waals surface area contributed by atoms with Crippen LogP contribution in [0.5, 0.6) is 0 Å². The van der Waals surface area contributed by atoms with E-state index in [0.717, 1.165) is 24.0 Å². The van der Waals surface area contributed by atoms with Crippen LogP contribution in [0.15, 0.2) is 0 Å². The van der Waals surface area contributed by atoms with Crippen LogP contribution >= 0.6 is 0 Å². The van der Waals surface area contributed by atoms with E-state index in [1.54, 1.807) is 0 Å². The van der Waals surface area contributed by atoms with E-state index in [2.05, 4.69) is 42.8 Å². The summed E-state index contributed by atoms with van der Waals surface area (Å²) in [6.45, 7) is 15.5. The van der Waals surface area contributed by atoms with Gasteiger partial charge in [0.15, 0.2) is 0 Å². The Bertz CT molecular complexity index is 294. The van der Waals surface area contributed by atoms with Crippen molar-refractivity contribution in [2.24, 2.45) is 5.92 Å². The van der Waals surface area contributed by atoms with Gasteiger partial charge in [0.1, 0.15) is 0 Å². The van der Waals surface area contributed by atoms with Gasteiger partial charge in [-0.15, -0.1) is 0 Å². The number of piperazine rings is 1. The molecule has 0 aromatic heterocycles. The summed E-state index contributed by atoms with van der Waals surface area (Å²) in [5, 5.41) is 3.85. The van der Waals surface area contributed by atoms with E-state index in [1.807, 2.05) is 0 Å². The molecule has 0 spiro atoms. The van der Waals surface area contributed by atoms with E-state index in [0.29, 0.717) is 0 Å². The molecule has 3 heteroatoms. The van der Waals surface area contributed by atoms with Gasteiger partial charge in [-0.1, -0.05) is 27.2 Å². The lowest BCUT2D eigenvalue weighted by Gasteiger charge is -2.48. The van der Waals surface area contributed by atoms with Crippen LogP contribution in [0.2, 0.25) is 0 Å².